The van der Waals surface area contributed by atoms with E-state index in [1.165, 1.54) is 27.8 Å². The zero-order valence-corrected chi connectivity index (χ0v) is 27.3. The maximum atomic E-state index is 4.32. The van der Waals surface area contributed by atoms with E-state index in [1.807, 2.05) is 49.5 Å². The number of rotatable bonds is 3. The summed E-state index contributed by atoms with van der Waals surface area (Å²) in [5, 5.41) is 0. The molecule has 0 fully saturated rings. The van der Waals surface area contributed by atoms with Gasteiger partial charge in [-0.25, -0.2) is 0 Å². The quantitative estimate of drug-likeness (QED) is 0.130. The van der Waals surface area contributed by atoms with Gasteiger partial charge in [0.1, 0.15) is 5.69 Å². The monoisotopic (exact) mass is 746 g/mol. The van der Waals surface area contributed by atoms with Crippen molar-refractivity contribution >= 4 is 28.8 Å². The van der Waals surface area contributed by atoms with Crippen LogP contribution in [0.5, 0.6) is 0 Å². The molecule has 0 amide bonds. The summed E-state index contributed by atoms with van der Waals surface area (Å²) in [5.74, 6) is 0. The molecular formula is C40H31IrN3. The van der Waals surface area contributed by atoms with Gasteiger partial charge < -0.3 is 4.98 Å². The van der Waals surface area contributed by atoms with Crippen LogP contribution >= 0.6 is 0 Å². The summed E-state index contributed by atoms with van der Waals surface area (Å²) >= 11 is 0. The Labute approximate surface area is 272 Å². The van der Waals surface area contributed by atoms with Gasteiger partial charge in [-0.3, -0.25) is 0 Å². The van der Waals surface area contributed by atoms with Crippen LogP contribution in [-0.4, -0.2) is 11.0 Å². The third kappa shape index (κ3) is 5.29. The second-order valence-corrected chi connectivity index (χ2v) is 11.4. The van der Waals surface area contributed by atoms with Crippen molar-refractivity contribution in [2.24, 2.45) is 0 Å². The molecule has 215 valence electrons. The molecule has 0 unspecified atom stereocenters. The third-order valence-corrected chi connectivity index (χ3v) is 8.21. The van der Waals surface area contributed by atoms with Gasteiger partial charge >= 0.3 is 6.01 Å². The van der Waals surface area contributed by atoms with Crippen LogP contribution in [0.2, 0.25) is 0 Å². The number of aromatic nitrogens is 1. The van der Waals surface area contributed by atoms with E-state index in [9.17, 15) is 0 Å². The molecule has 6 aromatic rings. The Morgan fingerprint density at radius 1 is 0.682 bits per heavy atom. The van der Waals surface area contributed by atoms with E-state index in [0.717, 1.165) is 34.0 Å². The summed E-state index contributed by atoms with van der Waals surface area (Å²) in [6.07, 6.45) is 1.87. The molecule has 3 nitrogen and oxygen atoms in total. The molecule has 0 bridgehead atoms. The second-order valence-electron chi connectivity index (χ2n) is 11.4. The first-order chi connectivity index (χ1) is 21.0. The molecule has 0 saturated carbocycles. The minimum absolute atomic E-state index is 0. The van der Waals surface area contributed by atoms with Crippen LogP contribution in [0.15, 0.2) is 134 Å². The van der Waals surface area contributed by atoms with Crippen molar-refractivity contribution < 1.29 is 20.1 Å². The Kier molecular flexibility index (Phi) is 8.08. The Morgan fingerprint density at radius 2 is 1.39 bits per heavy atom. The van der Waals surface area contributed by atoms with Crippen molar-refractivity contribution in [1.29, 1.82) is 0 Å². The van der Waals surface area contributed by atoms with E-state index in [-0.39, 0.29) is 25.5 Å². The van der Waals surface area contributed by atoms with Crippen LogP contribution in [0.1, 0.15) is 30.5 Å². The predicted octanol–water partition coefficient (Wildman–Crippen LogP) is 9.50. The van der Waals surface area contributed by atoms with Crippen LogP contribution in [-0.2, 0) is 25.5 Å². The van der Waals surface area contributed by atoms with Crippen LogP contribution in [0.3, 0.4) is 0 Å². The Hall–Kier alpha value is -4.72. The molecule has 5 aromatic carbocycles. The molecule has 8 rings (SSSR count). The molecule has 0 spiro atoms. The molecule has 2 aliphatic rings. The molecule has 1 radical (unpaired) electrons. The molecule has 2 heterocycles. The average Bonchev–Trinajstić information content (AvgIpc) is 3.56. The first-order valence-corrected chi connectivity index (χ1v) is 14.6. The number of hydrogen-bond acceptors (Lipinski definition) is 1. The van der Waals surface area contributed by atoms with Crippen molar-refractivity contribution in [3.05, 3.63) is 162 Å². The standard InChI is InChI=1S/C28H21N2.C12H10N.Ir/c1-28(2)24-13-7-6-12-22(24)23-17-16-21(18-25(23)28)30-19-29(20-10-4-3-5-11-20)26-14-8-9-15-27(26)30;1-10-7-8-12(13-9-10)11-5-3-2-4-6-11;/h3-15,17-18H,1-2H3;2-5,7-9H,1H3;/q+1;-1;. The van der Waals surface area contributed by atoms with Gasteiger partial charge in [-0.05, 0) is 33.7 Å². The molecule has 1 aliphatic heterocycles. The van der Waals surface area contributed by atoms with E-state index in [1.54, 1.807) is 0 Å². The molecule has 4 heteroatoms. The summed E-state index contributed by atoms with van der Waals surface area (Å²) in [7, 11) is 0. The smallest absolute Gasteiger partial charge is 0.304 e. The van der Waals surface area contributed by atoms with Gasteiger partial charge in [-0.2, -0.15) is 6.07 Å². The van der Waals surface area contributed by atoms with Crippen LogP contribution in [0.25, 0.3) is 22.4 Å². The summed E-state index contributed by atoms with van der Waals surface area (Å²) in [6, 6.07) is 54.1. The fourth-order valence-electron chi connectivity index (χ4n) is 5.94. The maximum absolute atomic E-state index is 4.32. The van der Waals surface area contributed by atoms with Gasteiger partial charge in [-0.1, -0.05) is 96.8 Å². The topological polar surface area (TPSA) is 18.9 Å². The number of para-hydroxylation sites is 3. The summed E-state index contributed by atoms with van der Waals surface area (Å²) < 4.78 is 4.25. The number of aryl methyl sites for hydroxylation is 1. The molecule has 1 aliphatic carbocycles. The van der Waals surface area contributed by atoms with Crippen LogP contribution in [0, 0.1) is 19.1 Å². The Bertz CT molecular complexity index is 2020. The Balaban J connectivity index is 0.000000207. The second kappa shape index (κ2) is 12.1. The van der Waals surface area contributed by atoms with Gasteiger partial charge in [0.25, 0.3) is 11.4 Å². The van der Waals surface area contributed by atoms with Gasteiger partial charge in [0.2, 0.25) is 5.69 Å². The predicted molar refractivity (Wildman–Crippen MR) is 177 cm³/mol. The Morgan fingerprint density at radius 3 is 2.11 bits per heavy atom. The number of hydrogen-bond donors (Lipinski definition) is 0. The minimum Gasteiger partial charge on any atom is -0.304 e. The minimum atomic E-state index is -0.0336. The summed E-state index contributed by atoms with van der Waals surface area (Å²) in [6.45, 7) is 6.65. The molecule has 1 aromatic heterocycles. The third-order valence-electron chi connectivity index (χ3n) is 8.21. The summed E-state index contributed by atoms with van der Waals surface area (Å²) in [4.78, 5) is 4.32. The average molecular weight is 746 g/mol. The fraction of sp³-hybridized carbons (Fsp3) is 0.100. The SMILES string of the molecule is CC1(C)c2ccccc2-c2c[c-]c([N+]3=C=[N+](c4ccccc4)c4ccccc43)cc21.Cc1ccc(-c2[c-]cccc2)nc1.[Ir]. The van der Waals surface area contributed by atoms with E-state index in [2.05, 4.69) is 137 Å². The molecule has 0 atom stereocenters. The van der Waals surface area contributed by atoms with Crippen LogP contribution < -0.4 is 9.15 Å². The van der Waals surface area contributed by atoms with Gasteiger partial charge in [0.15, 0.2) is 0 Å². The molecule has 44 heavy (non-hydrogen) atoms. The van der Waals surface area contributed by atoms with Gasteiger partial charge in [-0.15, -0.1) is 53.1 Å². The van der Waals surface area contributed by atoms with Crippen molar-refractivity contribution in [2.75, 3.05) is 0 Å². The summed E-state index contributed by atoms with van der Waals surface area (Å²) in [5.41, 5.74) is 12.9. The normalized spacial score (nSPS) is 13.2. The first kappa shape index (κ1) is 29.4. The zero-order chi connectivity index (χ0) is 29.4. The zero-order valence-electron chi connectivity index (χ0n) is 24.9. The van der Waals surface area contributed by atoms with Crippen LogP contribution in [0.4, 0.5) is 22.7 Å². The maximum Gasteiger partial charge on any atom is 0.501 e. The van der Waals surface area contributed by atoms with Gasteiger partial charge in [0, 0.05) is 50.6 Å². The van der Waals surface area contributed by atoms with Crippen molar-refractivity contribution in [3.63, 3.8) is 0 Å². The van der Waals surface area contributed by atoms with E-state index in [0.29, 0.717) is 0 Å². The number of nitrogens with zero attached hydrogens (tertiary/aromatic N) is 3. The van der Waals surface area contributed by atoms with E-state index >= 15 is 0 Å². The first-order valence-electron chi connectivity index (χ1n) is 14.6. The van der Waals surface area contributed by atoms with Crippen molar-refractivity contribution in [1.82, 2.24) is 14.1 Å². The molecular weight excluding hydrogens is 715 g/mol. The van der Waals surface area contributed by atoms with Crippen molar-refractivity contribution in [2.45, 2.75) is 26.2 Å². The molecule has 0 N–H and O–H groups in total. The molecule has 0 saturated heterocycles. The van der Waals surface area contributed by atoms with Gasteiger partial charge in [0.05, 0.1) is 0 Å². The number of benzene rings is 5. The fourth-order valence-corrected chi connectivity index (χ4v) is 5.94. The number of pyridine rings is 1. The largest absolute Gasteiger partial charge is 0.501 e. The van der Waals surface area contributed by atoms with E-state index in [4.69, 9.17) is 0 Å². The van der Waals surface area contributed by atoms with E-state index < -0.39 is 0 Å². The van der Waals surface area contributed by atoms with Crippen molar-refractivity contribution in [3.8, 4) is 22.4 Å². The number of fused-ring (bicyclic) bond motifs is 4.